The van der Waals surface area contributed by atoms with Gasteiger partial charge in [0.2, 0.25) is 0 Å². The highest BCUT2D eigenvalue weighted by Gasteiger charge is 2.22. The van der Waals surface area contributed by atoms with Gasteiger partial charge in [0.05, 0.1) is 19.5 Å². The first kappa shape index (κ1) is 14.7. The van der Waals surface area contributed by atoms with E-state index in [1.165, 1.54) is 5.56 Å². The van der Waals surface area contributed by atoms with E-state index < -0.39 is 0 Å². The highest BCUT2D eigenvalue weighted by Crippen LogP contribution is 2.36. The molecule has 1 heterocycles. The average molecular weight is 290 g/mol. The summed E-state index contributed by atoms with van der Waals surface area (Å²) in [5, 5.41) is 0. The molecule has 0 atom stereocenters. The van der Waals surface area contributed by atoms with E-state index in [1.54, 1.807) is 6.08 Å². The van der Waals surface area contributed by atoms with Crippen LogP contribution in [0, 0.1) is 5.92 Å². The largest absolute Gasteiger partial charge is 0.348 e. The number of ether oxygens (including phenoxy) is 2. The van der Waals surface area contributed by atoms with Crippen molar-refractivity contribution in [3.63, 3.8) is 0 Å². The van der Waals surface area contributed by atoms with Gasteiger partial charge in [0, 0.05) is 5.56 Å². The molecule has 2 nitrogen and oxygen atoms in total. The van der Waals surface area contributed by atoms with E-state index in [9.17, 15) is 4.39 Å². The number of allylic oxidation sites excluding steroid dienone is 1. The second-order valence-electron chi connectivity index (χ2n) is 6.02. The van der Waals surface area contributed by atoms with Gasteiger partial charge in [0.1, 0.15) is 0 Å². The van der Waals surface area contributed by atoms with Crippen LogP contribution in [0.1, 0.15) is 55.4 Å². The van der Waals surface area contributed by atoms with Crippen molar-refractivity contribution in [2.45, 2.75) is 44.3 Å². The van der Waals surface area contributed by atoms with Gasteiger partial charge in [-0.25, -0.2) is 4.39 Å². The van der Waals surface area contributed by atoms with Crippen LogP contribution >= 0.6 is 0 Å². The fraction of sp³-hybridized carbons (Fsp3) is 0.556. The molecular weight excluding hydrogens is 267 g/mol. The van der Waals surface area contributed by atoms with Gasteiger partial charge in [-0.15, -0.1) is 0 Å². The van der Waals surface area contributed by atoms with Gasteiger partial charge in [-0.2, -0.15) is 0 Å². The van der Waals surface area contributed by atoms with Crippen LogP contribution in [0.4, 0.5) is 4.39 Å². The van der Waals surface area contributed by atoms with Crippen LogP contribution in [-0.4, -0.2) is 13.2 Å². The standard InChI is InChI=1S/C18H23FO2/c19-11-10-14-2-4-15(5-3-14)16-6-8-17(9-7-16)18-20-12-1-13-21-18/h6-11,14-15,18H,1-5,12-13H2. The van der Waals surface area contributed by atoms with Crippen molar-refractivity contribution in [2.75, 3.05) is 13.2 Å². The molecule has 1 saturated carbocycles. The molecule has 1 aromatic rings. The molecule has 0 spiro atoms. The van der Waals surface area contributed by atoms with Crippen molar-refractivity contribution >= 4 is 0 Å². The first-order valence-corrected chi connectivity index (χ1v) is 7.97. The summed E-state index contributed by atoms with van der Waals surface area (Å²) >= 11 is 0. The minimum absolute atomic E-state index is 0.196. The monoisotopic (exact) mass is 290 g/mol. The van der Waals surface area contributed by atoms with Crippen LogP contribution in [0.5, 0.6) is 0 Å². The van der Waals surface area contributed by atoms with Crippen LogP contribution in [-0.2, 0) is 9.47 Å². The fourth-order valence-electron chi connectivity index (χ4n) is 3.35. The van der Waals surface area contributed by atoms with E-state index in [-0.39, 0.29) is 6.29 Å². The highest BCUT2D eigenvalue weighted by atomic mass is 19.1. The molecule has 0 radical (unpaired) electrons. The van der Waals surface area contributed by atoms with E-state index in [0.717, 1.165) is 50.9 Å². The molecule has 1 aliphatic heterocycles. The van der Waals surface area contributed by atoms with E-state index in [1.807, 2.05) is 0 Å². The molecule has 3 heteroatoms. The molecule has 1 aromatic carbocycles. The first-order valence-electron chi connectivity index (χ1n) is 7.97. The second kappa shape index (κ2) is 7.19. The van der Waals surface area contributed by atoms with Crippen molar-refractivity contribution in [1.29, 1.82) is 0 Å². The molecule has 2 aliphatic rings. The normalized spacial score (nSPS) is 28.0. The topological polar surface area (TPSA) is 18.5 Å². The van der Waals surface area contributed by atoms with Gasteiger partial charge in [-0.05, 0) is 49.5 Å². The predicted molar refractivity (Wildman–Crippen MR) is 80.7 cm³/mol. The van der Waals surface area contributed by atoms with Gasteiger partial charge >= 0.3 is 0 Å². The van der Waals surface area contributed by atoms with Crippen molar-refractivity contribution in [2.24, 2.45) is 5.92 Å². The zero-order chi connectivity index (χ0) is 14.5. The summed E-state index contributed by atoms with van der Waals surface area (Å²) in [7, 11) is 0. The summed E-state index contributed by atoms with van der Waals surface area (Å²) in [4.78, 5) is 0. The minimum Gasteiger partial charge on any atom is -0.348 e. The Hall–Kier alpha value is -1.19. The molecule has 114 valence electrons. The molecule has 0 aromatic heterocycles. The van der Waals surface area contributed by atoms with Gasteiger partial charge in [-0.1, -0.05) is 30.3 Å². The maximum absolute atomic E-state index is 12.2. The molecule has 21 heavy (non-hydrogen) atoms. The number of hydrogen-bond donors (Lipinski definition) is 0. The van der Waals surface area contributed by atoms with Crippen molar-refractivity contribution in [3.05, 3.63) is 47.8 Å². The fourth-order valence-corrected chi connectivity index (χ4v) is 3.35. The molecule has 3 rings (SSSR count). The number of benzene rings is 1. The molecule has 0 amide bonds. The third-order valence-electron chi connectivity index (χ3n) is 4.62. The van der Waals surface area contributed by atoms with Crippen LogP contribution in [0.2, 0.25) is 0 Å². The Bertz CT molecular complexity index is 455. The first-order chi connectivity index (χ1) is 10.4. The third kappa shape index (κ3) is 3.72. The summed E-state index contributed by atoms with van der Waals surface area (Å²) in [6, 6.07) is 8.65. The lowest BCUT2D eigenvalue weighted by molar-refractivity contribution is -0.183. The van der Waals surface area contributed by atoms with E-state index in [2.05, 4.69) is 24.3 Å². The Labute approximate surface area is 126 Å². The number of halogens is 1. The zero-order valence-electron chi connectivity index (χ0n) is 12.3. The van der Waals surface area contributed by atoms with E-state index in [4.69, 9.17) is 9.47 Å². The maximum atomic E-state index is 12.2. The Balaban J connectivity index is 1.59. The van der Waals surface area contributed by atoms with Crippen LogP contribution < -0.4 is 0 Å². The maximum Gasteiger partial charge on any atom is 0.183 e. The van der Waals surface area contributed by atoms with Crippen molar-refractivity contribution in [3.8, 4) is 0 Å². The van der Waals surface area contributed by atoms with Crippen LogP contribution in [0.3, 0.4) is 0 Å². The number of rotatable bonds is 3. The molecule has 0 N–H and O–H groups in total. The summed E-state index contributed by atoms with van der Waals surface area (Å²) in [5.74, 6) is 1.03. The summed E-state index contributed by atoms with van der Waals surface area (Å²) in [5.41, 5.74) is 2.49. The molecule has 0 unspecified atom stereocenters. The Morgan fingerprint density at radius 3 is 2.14 bits per heavy atom. The Morgan fingerprint density at radius 1 is 0.905 bits per heavy atom. The van der Waals surface area contributed by atoms with E-state index in [0.29, 0.717) is 18.2 Å². The van der Waals surface area contributed by atoms with Gasteiger partial charge in [0.15, 0.2) is 6.29 Å². The lowest BCUT2D eigenvalue weighted by atomic mass is 9.78. The third-order valence-corrected chi connectivity index (χ3v) is 4.62. The molecular formula is C18H23FO2. The molecule has 2 fully saturated rings. The highest BCUT2D eigenvalue weighted by molar-refractivity contribution is 5.26. The summed E-state index contributed by atoms with van der Waals surface area (Å²) in [6.45, 7) is 1.55. The predicted octanol–water partition coefficient (Wildman–Crippen LogP) is 4.88. The van der Waals surface area contributed by atoms with E-state index >= 15 is 0 Å². The Morgan fingerprint density at radius 2 is 1.52 bits per heavy atom. The summed E-state index contributed by atoms with van der Waals surface area (Å²) < 4.78 is 23.5. The lowest BCUT2D eigenvalue weighted by Crippen LogP contribution is -2.17. The van der Waals surface area contributed by atoms with Crippen LogP contribution in [0.25, 0.3) is 0 Å². The lowest BCUT2D eigenvalue weighted by Gasteiger charge is -2.27. The Kier molecular flexibility index (Phi) is 5.04. The van der Waals surface area contributed by atoms with Crippen molar-refractivity contribution in [1.82, 2.24) is 0 Å². The molecule has 1 aliphatic carbocycles. The van der Waals surface area contributed by atoms with Crippen LogP contribution in [0.15, 0.2) is 36.7 Å². The second-order valence-corrected chi connectivity index (χ2v) is 6.02. The van der Waals surface area contributed by atoms with Gasteiger partial charge in [-0.3, -0.25) is 0 Å². The smallest absolute Gasteiger partial charge is 0.183 e. The van der Waals surface area contributed by atoms with Gasteiger partial charge < -0.3 is 9.47 Å². The van der Waals surface area contributed by atoms with Crippen molar-refractivity contribution < 1.29 is 13.9 Å². The quantitative estimate of drug-likeness (QED) is 0.790. The molecule has 1 saturated heterocycles. The number of hydrogen-bond acceptors (Lipinski definition) is 2. The summed E-state index contributed by atoms with van der Waals surface area (Å²) in [6.07, 6.45) is 7.64. The zero-order valence-corrected chi connectivity index (χ0v) is 12.3. The minimum atomic E-state index is -0.196. The van der Waals surface area contributed by atoms with Gasteiger partial charge in [0.25, 0.3) is 0 Å². The average Bonchev–Trinajstić information content (AvgIpc) is 2.57. The molecule has 0 bridgehead atoms. The SMILES string of the molecule is FC=CC1CCC(c2ccc(C3OCCCO3)cc2)CC1.